The van der Waals surface area contributed by atoms with Gasteiger partial charge in [-0.05, 0) is 71.7 Å². The summed E-state index contributed by atoms with van der Waals surface area (Å²) in [5.74, 6) is 6.63. The van der Waals surface area contributed by atoms with Crippen LogP contribution in [0, 0.1) is 17.8 Å². The number of rotatable bonds is 6. The summed E-state index contributed by atoms with van der Waals surface area (Å²) in [6.07, 6.45) is 5.91. The molecule has 182 valence electrons. The molecule has 0 aromatic carbocycles. The first-order valence-corrected chi connectivity index (χ1v) is 12.2. The van der Waals surface area contributed by atoms with Gasteiger partial charge in [0, 0.05) is 32.1 Å². The minimum absolute atomic E-state index is 0.136. The molecule has 2 aliphatic rings. The second-order valence-corrected chi connectivity index (χ2v) is 9.92. The van der Waals surface area contributed by atoms with Gasteiger partial charge in [-0.15, -0.1) is 5.92 Å². The van der Waals surface area contributed by atoms with Crippen molar-refractivity contribution in [3.05, 3.63) is 40.5 Å². The molecule has 4 rings (SSSR count). The van der Waals surface area contributed by atoms with Crippen LogP contribution in [0.25, 0.3) is 16.6 Å². The van der Waals surface area contributed by atoms with Crippen LogP contribution >= 0.6 is 0 Å². The van der Waals surface area contributed by atoms with E-state index in [9.17, 15) is 4.79 Å². The monoisotopic (exact) mass is 463 g/mol. The number of likely N-dealkylation sites (tertiary alicyclic amines) is 1. The molecule has 2 N–H and O–H groups in total. The third-order valence-electron chi connectivity index (χ3n) is 7.50. The Morgan fingerprint density at radius 2 is 2.03 bits per heavy atom. The third-order valence-corrected chi connectivity index (χ3v) is 7.50. The number of hydrogen-bond acceptors (Lipinski definition) is 6. The molecule has 0 radical (unpaired) electrons. The third kappa shape index (κ3) is 5.13. The number of methoxy groups -OCH3 is 1. The number of aromatic amines is 1. The van der Waals surface area contributed by atoms with E-state index in [4.69, 9.17) is 4.74 Å². The van der Waals surface area contributed by atoms with Crippen molar-refractivity contribution in [3.8, 4) is 11.8 Å². The SMILES string of the molecule is C=C(NCC1CCN(C)CC1)c1cc2c(N3CCC(C)(OC)CC3)c(C#CC)c(=O)[nH]c2cn1. The van der Waals surface area contributed by atoms with E-state index < -0.39 is 0 Å². The Bertz CT molecular complexity index is 1160. The van der Waals surface area contributed by atoms with Gasteiger partial charge >= 0.3 is 0 Å². The smallest absolute Gasteiger partial charge is 0.266 e. The van der Waals surface area contributed by atoms with Gasteiger partial charge in [0.25, 0.3) is 5.56 Å². The van der Waals surface area contributed by atoms with Crippen molar-refractivity contribution in [2.75, 3.05) is 51.8 Å². The summed E-state index contributed by atoms with van der Waals surface area (Å²) in [5.41, 5.74) is 3.41. The molecule has 0 bridgehead atoms. The Hall–Kier alpha value is -2.82. The van der Waals surface area contributed by atoms with Crippen molar-refractivity contribution in [1.82, 2.24) is 20.2 Å². The highest BCUT2D eigenvalue weighted by molar-refractivity contribution is 5.95. The van der Waals surface area contributed by atoms with Crippen molar-refractivity contribution in [2.45, 2.75) is 45.1 Å². The van der Waals surface area contributed by atoms with Crippen molar-refractivity contribution in [1.29, 1.82) is 0 Å². The summed E-state index contributed by atoms with van der Waals surface area (Å²) in [6.45, 7) is 13.0. The zero-order chi connectivity index (χ0) is 24.3. The Balaban J connectivity index is 1.64. The van der Waals surface area contributed by atoms with Gasteiger partial charge < -0.3 is 24.8 Å². The van der Waals surface area contributed by atoms with Crippen molar-refractivity contribution >= 4 is 22.3 Å². The van der Waals surface area contributed by atoms with Crippen LogP contribution in [-0.2, 0) is 4.74 Å². The average molecular weight is 464 g/mol. The lowest BCUT2D eigenvalue weighted by Crippen LogP contribution is -2.44. The summed E-state index contributed by atoms with van der Waals surface area (Å²) in [4.78, 5) is 25.2. The Labute approximate surface area is 202 Å². The molecule has 7 nitrogen and oxygen atoms in total. The number of H-pyrrole nitrogens is 1. The van der Waals surface area contributed by atoms with Gasteiger partial charge in [-0.3, -0.25) is 9.78 Å². The summed E-state index contributed by atoms with van der Waals surface area (Å²) in [7, 11) is 3.95. The molecular formula is C27H37N5O2. The van der Waals surface area contributed by atoms with Crippen molar-refractivity contribution < 1.29 is 4.74 Å². The number of anilines is 1. The minimum atomic E-state index is -0.175. The van der Waals surface area contributed by atoms with Crippen LogP contribution in [0.5, 0.6) is 0 Å². The lowest BCUT2D eigenvalue weighted by molar-refractivity contribution is -0.0132. The topological polar surface area (TPSA) is 73.5 Å². The van der Waals surface area contributed by atoms with Gasteiger partial charge in [0.15, 0.2) is 0 Å². The number of aromatic nitrogens is 2. The average Bonchev–Trinajstić information content (AvgIpc) is 2.84. The fraction of sp³-hybridized carbons (Fsp3) is 0.556. The standard InChI is InChI=1S/C27H37N5O2/c1-6-7-21-25(32-14-10-27(3,34-5)11-15-32)22-16-23(29-18-24(22)30-26(21)33)19(2)28-17-20-8-12-31(4)13-9-20/h16,18,20,28H,2,8-15,17H2,1,3-5H3,(H,30,33). The first kappa shape index (κ1) is 24.3. The van der Waals surface area contributed by atoms with E-state index >= 15 is 0 Å². The molecule has 4 heterocycles. The predicted molar refractivity (Wildman–Crippen MR) is 139 cm³/mol. The van der Waals surface area contributed by atoms with Gasteiger partial charge in [0.05, 0.1) is 34.4 Å². The summed E-state index contributed by atoms with van der Waals surface area (Å²) in [5, 5.41) is 4.46. The molecule has 0 aliphatic carbocycles. The highest BCUT2D eigenvalue weighted by atomic mass is 16.5. The lowest BCUT2D eigenvalue weighted by atomic mass is 9.92. The molecule has 34 heavy (non-hydrogen) atoms. The Kier molecular flexibility index (Phi) is 7.30. The van der Waals surface area contributed by atoms with Crippen LogP contribution in [-0.4, -0.2) is 67.4 Å². The molecule has 0 spiro atoms. The van der Waals surface area contributed by atoms with Gasteiger partial charge in [-0.2, -0.15) is 0 Å². The molecule has 2 aromatic rings. The maximum atomic E-state index is 12.9. The highest BCUT2D eigenvalue weighted by Gasteiger charge is 2.31. The van der Waals surface area contributed by atoms with Gasteiger partial charge in [0.1, 0.15) is 5.56 Å². The van der Waals surface area contributed by atoms with E-state index in [0.29, 0.717) is 17.0 Å². The van der Waals surface area contributed by atoms with E-state index in [1.165, 1.54) is 12.8 Å². The van der Waals surface area contributed by atoms with Crippen LogP contribution in [0.15, 0.2) is 23.6 Å². The zero-order valence-corrected chi connectivity index (χ0v) is 21.0. The molecule has 2 aromatic heterocycles. The maximum Gasteiger partial charge on any atom is 0.266 e. The lowest BCUT2D eigenvalue weighted by Gasteiger charge is -2.40. The normalized spacial score (nSPS) is 19.0. The summed E-state index contributed by atoms with van der Waals surface area (Å²) < 4.78 is 5.73. The minimum Gasteiger partial charge on any atom is -0.384 e. The maximum absolute atomic E-state index is 12.9. The second kappa shape index (κ2) is 10.2. The first-order valence-electron chi connectivity index (χ1n) is 12.2. The number of piperidine rings is 2. The molecule has 7 heteroatoms. The largest absolute Gasteiger partial charge is 0.384 e. The number of pyridine rings is 2. The fourth-order valence-corrected chi connectivity index (χ4v) is 4.94. The van der Waals surface area contributed by atoms with Crippen molar-refractivity contribution in [2.24, 2.45) is 5.92 Å². The Morgan fingerprint density at radius 3 is 2.68 bits per heavy atom. The van der Waals surface area contributed by atoms with Crippen LogP contribution < -0.4 is 15.8 Å². The summed E-state index contributed by atoms with van der Waals surface area (Å²) in [6, 6.07) is 2.04. The number of nitrogens with zero attached hydrogens (tertiary/aromatic N) is 3. The highest BCUT2D eigenvalue weighted by Crippen LogP contribution is 2.34. The molecule has 2 fully saturated rings. The van der Waals surface area contributed by atoms with Crippen LogP contribution in [0.1, 0.15) is 50.8 Å². The Morgan fingerprint density at radius 1 is 1.32 bits per heavy atom. The molecule has 0 saturated carbocycles. The van der Waals surface area contributed by atoms with E-state index in [1.807, 2.05) is 6.07 Å². The molecule has 2 saturated heterocycles. The quantitative estimate of drug-likeness (QED) is 0.641. The number of ether oxygens (including phenoxy) is 1. The van der Waals surface area contributed by atoms with Crippen LogP contribution in [0.3, 0.4) is 0 Å². The van der Waals surface area contributed by atoms with Crippen molar-refractivity contribution in [3.63, 3.8) is 0 Å². The van der Waals surface area contributed by atoms with E-state index in [-0.39, 0.29) is 11.2 Å². The summed E-state index contributed by atoms with van der Waals surface area (Å²) >= 11 is 0. The van der Waals surface area contributed by atoms with E-state index in [2.05, 4.69) is 57.5 Å². The van der Waals surface area contributed by atoms with Crippen LogP contribution in [0.4, 0.5) is 5.69 Å². The van der Waals surface area contributed by atoms with Gasteiger partial charge in [-0.25, -0.2) is 0 Å². The molecule has 2 aliphatic heterocycles. The number of nitrogens with one attached hydrogen (secondary N) is 2. The predicted octanol–water partition coefficient (Wildman–Crippen LogP) is 3.20. The zero-order valence-electron chi connectivity index (χ0n) is 21.0. The fourth-order valence-electron chi connectivity index (χ4n) is 4.94. The number of hydrogen-bond donors (Lipinski definition) is 2. The molecule has 0 unspecified atom stereocenters. The van der Waals surface area contributed by atoms with Crippen LogP contribution in [0.2, 0.25) is 0 Å². The van der Waals surface area contributed by atoms with E-state index in [0.717, 1.165) is 68.0 Å². The molecule has 0 atom stereocenters. The second-order valence-electron chi connectivity index (χ2n) is 9.92. The molecular weight excluding hydrogens is 426 g/mol. The van der Waals surface area contributed by atoms with E-state index in [1.54, 1.807) is 20.2 Å². The van der Waals surface area contributed by atoms with Gasteiger partial charge in [0.2, 0.25) is 0 Å². The number of fused-ring (bicyclic) bond motifs is 1. The molecule has 0 amide bonds. The first-order chi connectivity index (χ1) is 16.3. The van der Waals surface area contributed by atoms with Gasteiger partial charge in [-0.1, -0.05) is 12.5 Å².